The second kappa shape index (κ2) is 4.62. The minimum absolute atomic E-state index is 0.462. The van der Waals surface area contributed by atoms with Crippen molar-refractivity contribution in [2.75, 3.05) is 5.75 Å². The van der Waals surface area contributed by atoms with Crippen LogP contribution >= 0.6 is 28.6 Å². The summed E-state index contributed by atoms with van der Waals surface area (Å²) in [4.78, 5) is 3.54. The number of hydrogen-bond acceptors (Lipinski definition) is 2. The van der Waals surface area contributed by atoms with Crippen molar-refractivity contribution in [3.8, 4) is 0 Å². The van der Waals surface area contributed by atoms with E-state index in [0.717, 1.165) is 4.47 Å². The molecule has 1 nitrogen and oxygen atoms in total. The Bertz CT molecular complexity index is 301. The molecule has 12 heavy (non-hydrogen) atoms. The molecule has 0 N–H and O–H groups in total. The Morgan fingerprint density at radius 2 is 2.42 bits per heavy atom. The van der Waals surface area contributed by atoms with Gasteiger partial charge in [0, 0.05) is 22.0 Å². The number of pyridine rings is 1. The highest BCUT2D eigenvalue weighted by Gasteiger charge is 1.99. The molecule has 1 aromatic rings. The average molecular weight is 248 g/mol. The van der Waals surface area contributed by atoms with E-state index in [9.17, 15) is 4.39 Å². The Balaban J connectivity index is 2.97. The van der Waals surface area contributed by atoms with Crippen molar-refractivity contribution in [1.29, 1.82) is 0 Å². The summed E-state index contributed by atoms with van der Waals surface area (Å²) >= 11 is 7.18. The van der Waals surface area contributed by atoms with Gasteiger partial charge in [-0.25, -0.2) is 4.98 Å². The standard InChI is InChI=1S/C8H7BrFNS/c9-7-4-6(2-1-3-12)8(10)11-5-7/h1-2,4-5,12H,3H2. The summed E-state index contributed by atoms with van der Waals surface area (Å²) in [5.74, 6) is 0.127. The fourth-order valence-corrected chi connectivity index (χ4v) is 1.19. The molecule has 0 radical (unpaired) electrons. The fraction of sp³-hybridized carbons (Fsp3) is 0.125. The maximum Gasteiger partial charge on any atom is 0.220 e. The predicted octanol–water partition coefficient (Wildman–Crippen LogP) is 2.93. The van der Waals surface area contributed by atoms with Gasteiger partial charge in [0.2, 0.25) is 5.95 Å². The first kappa shape index (κ1) is 9.74. The van der Waals surface area contributed by atoms with Gasteiger partial charge >= 0.3 is 0 Å². The zero-order valence-electron chi connectivity index (χ0n) is 6.17. The first-order chi connectivity index (χ1) is 5.74. The molecular weight excluding hydrogens is 241 g/mol. The van der Waals surface area contributed by atoms with Gasteiger partial charge in [-0.3, -0.25) is 0 Å². The third kappa shape index (κ3) is 2.60. The molecule has 1 heterocycles. The monoisotopic (exact) mass is 247 g/mol. The summed E-state index contributed by atoms with van der Waals surface area (Å²) in [6.07, 6.45) is 4.84. The van der Waals surface area contributed by atoms with Crippen molar-refractivity contribution < 1.29 is 4.39 Å². The van der Waals surface area contributed by atoms with E-state index in [1.165, 1.54) is 6.20 Å². The van der Waals surface area contributed by atoms with Gasteiger partial charge in [-0.05, 0) is 22.0 Å². The quantitative estimate of drug-likeness (QED) is 0.627. The van der Waals surface area contributed by atoms with Crippen LogP contribution in [-0.2, 0) is 0 Å². The van der Waals surface area contributed by atoms with Crippen LogP contribution in [0.4, 0.5) is 4.39 Å². The lowest BCUT2D eigenvalue weighted by molar-refractivity contribution is 0.580. The molecule has 0 aliphatic carbocycles. The average Bonchev–Trinajstić information content (AvgIpc) is 2.07. The van der Waals surface area contributed by atoms with Gasteiger partial charge in [0.15, 0.2) is 0 Å². The number of hydrogen-bond donors (Lipinski definition) is 1. The highest BCUT2D eigenvalue weighted by molar-refractivity contribution is 9.10. The second-order valence-electron chi connectivity index (χ2n) is 2.12. The summed E-state index contributed by atoms with van der Waals surface area (Å²) in [6.45, 7) is 0. The van der Waals surface area contributed by atoms with E-state index >= 15 is 0 Å². The lowest BCUT2D eigenvalue weighted by atomic mass is 10.2. The van der Waals surface area contributed by atoms with Crippen LogP contribution in [0.1, 0.15) is 5.56 Å². The predicted molar refractivity (Wildman–Crippen MR) is 54.8 cm³/mol. The van der Waals surface area contributed by atoms with Gasteiger partial charge < -0.3 is 0 Å². The Kier molecular flexibility index (Phi) is 3.75. The van der Waals surface area contributed by atoms with Crippen molar-refractivity contribution in [3.63, 3.8) is 0 Å². The molecule has 0 aliphatic rings. The molecule has 0 atom stereocenters. The van der Waals surface area contributed by atoms with Crippen molar-refractivity contribution in [2.24, 2.45) is 0 Å². The Morgan fingerprint density at radius 1 is 1.67 bits per heavy atom. The van der Waals surface area contributed by atoms with Crippen LogP contribution in [0, 0.1) is 5.95 Å². The third-order valence-electron chi connectivity index (χ3n) is 1.24. The van der Waals surface area contributed by atoms with Gasteiger partial charge in [0.1, 0.15) is 0 Å². The van der Waals surface area contributed by atoms with Gasteiger partial charge in [-0.2, -0.15) is 17.0 Å². The van der Waals surface area contributed by atoms with Gasteiger partial charge in [-0.15, -0.1) is 0 Å². The van der Waals surface area contributed by atoms with E-state index in [1.54, 1.807) is 18.2 Å². The first-order valence-electron chi connectivity index (χ1n) is 3.32. The van der Waals surface area contributed by atoms with E-state index in [2.05, 4.69) is 33.5 Å². The van der Waals surface area contributed by atoms with Crippen molar-refractivity contribution in [3.05, 3.63) is 34.3 Å². The summed E-state index contributed by atoms with van der Waals surface area (Å²) in [5, 5.41) is 0. The van der Waals surface area contributed by atoms with Gasteiger partial charge in [0.25, 0.3) is 0 Å². The Hall–Kier alpha value is -0.350. The maximum absolute atomic E-state index is 12.9. The van der Waals surface area contributed by atoms with Gasteiger partial charge in [-0.1, -0.05) is 12.2 Å². The van der Waals surface area contributed by atoms with Gasteiger partial charge in [0.05, 0.1) is 0 Å². The second-order valence-corrected chi connectivity index (χ2v) is 3.40. The largest absolute Gasteiger partial charge is 0.227 e. The first-order valence-corrected chi connectivity index (χ1v) is 4.75. The van der Waals surface area contributed by atoms with Crippen LogP contribution in [0.5, 0.6) is 0 Å². The lowest BCUT2D eigenvalue weighted by Crippen LogP contribution is -1.86. The number of halogens is 2. The minimum Gasteiger partial charge on any atom is -0.227 e. The summed E-state index contributed by atoms with van der Waals surface area (Å²) in [7, 11) is 0. The minimum atomic E-state index is -0.462. The molecule has 1 aromatic heterocycles. The van der Waals surface area contributed by atoms with Crippen LogP contribution < -0.4 is 0 Å². The number of aromatic nitrogens is 1. The molecule has 64 valence electrons. The topological polar surface area (TPSA) is 12.9 Å². The Morgan fingerprint density at radius 3 is 3.08 bits per heavy atom. The molecule has 0 saturated carbocycles. The van der Waals surface area contributed by atoms with E-state index in [-0.39, 0.29) is 0 Å². The molecule has 0 aliphatic heterocycles. The molecule has 0 bridgehead atoms. The van der Waals surface area contributed by atoms with E-state index < -0.39 is 5.95 Å². The zero-order valence-corrected chi connectivity index (χ0v) is 8.65. The maximum atomic E-state index is 12.9. The number of nitrogens with zero attached hydrogens (tertiary/aromatic N) is 1. The lowest BCUT2D eigenvalue weighted by Gasteiger charge is -1.95. The zero-order chi connectivity index (χ0) is 8.97. The molecule has 0 spiro atoms. The van der Waals surface area contributed by atoms with E-state index in [4.69, 9.17) is 0 Å². The molecule has 0 saturated heterocycles. The molecule has 1 rings (SSSR count). The van der Waals surface area contributed by atoms with Crippen LogP contribution in [0.2, 0.25) is 0 Å². The summed E-state index contributed by atoms with van der Waals surface area (Å²) in [6, 6.07) is 1.67. The number of thiol groups is 1. The summed E-state index contributed by atoms with van der Waals surface area (Å²) in [5.41, 5.74) is 0.471. The highest BCUT2D eigenvalue weighted by atomic mass is 79.9. The van der Waals surface area contributed by atoms with Crippen molar-refractivity contribution in [1.82, 2.24) is 4.98 Å². The van der Waals surface area contributed by atoms with Crippen molar-refractivity contribution in [2.45, 2.75) is 0 Å². The van der Waals surface area contributed by atoms with E-state index in [0.29, 0.717) is 11.3 Å². The van der Waals surface area contributed by atoms with Crippen LogP contribution in [0.15, 0.2) is 22.8 Å². The molecular formula is C8H7BrFNS. The van der Waals surface area contributed by atoms with E-state index in [1.807, 2.05) is 0 Å². The SMILES string of the molecule is Fc1ncc(Br)cc1C=CCS. The van der Waals surface area contributed by atoms with Crippen LogP contribution in [0.25, 0.3) is 6.08 Å². The molecule has 0 unspecified atom stereocenters. The molecule has 0 aromatic carbocycles. The fourth-order valence-electron chi connectivity index (χ4n) is 0.735. The van der Waals surface area contributed by atoms with Crippen LogP contribution in [0.3, 0.4) is 0 Å². The highest BCUT2D eigenvalue weighted by Crippen LogP contribution is 2.14. The van der Waals surface area contributed by atoms with Crippen LogP contribution in [-0.4, -0.2) is 10.7 Å². The number of rotatable bonds is 2. The molecule has 0 fully saturated rings. The molecule has 4 heteroatoms. The normalized spacial score (nSPS) is 10.9. The Labute approximate surface area is 84.2 Å². The third-order valence-corrected chi connectivity index (χ3v) is 1.88. The smallest absolute Gasteiger partial charge is 0.220 e. The summed E-state index contributed by atoms with van der Waals surface area (Å²) < 4.78 is 13.7. The van der Waals surface area contributed by atoms with Crippen molar-refractivity contribution >= 4 is 34.6 Å². The molecule has 0 amide bonds.